The van der Waals surface area contributed by atoms with Gasteiger partial charge in [-0.05, 0) is 49.6 Å². The normalized spacial score (nSPS) is 12.5. The molecular weight excluding hydrogens is 343 g/mol. The van der Waals surface area contributed by atoms with E-state index in [0.29, 0.717) is 10.0 Å². The lowest BCUT2D eigenvalue weighted by Crippen LogP contribution is -2.01. The van der Waals surface area contributed by atoms with Crippen LogP contribution >= 0.6 is 39.1 Å². The fourth-order valence-electron chi connectivity index (χ4n) is 2.49. The van der Waals surface area contributed by atoms with Crippen LogP contribution in [0.25, 0.3) is 0 Å². The number of hydrogen-bond donors (Lipinski definition) is 0. The van der Waals surface area contributed by atoms with Gasteiger partial charge in [0, 0.05) is 15.6 Å². The van der Waals surface area contributed by atoms with E-state index in [0.717, 1.165) is 5.56 Å². The Kier molecular flexibility index (Phi) is 4.60. The molecule has 1 unspecified atom stereocenters. The van der Waals surface area contributed by atoms with E-state index in [-0.39, 0.29) is 4.83 Å². The van der Waals surface area contributed by atoms with E-state index in [4.69, 9.17) is 23.2 Å². The predicted octanol–water partition coefficient (Wildman–Crippen LogP) is 6.40. The lowest BCUT2D eigenvalue weighted by Gasteiger charge is -2.19. The van der Waals surface area contributed by atoms with Crippen molar-refractivity contribution in [2.45, 2.75) is 25.6 Å². The Bertz CT molecular complexity index is 577. The second kappa shape index (κ2) is 5.87. The molecule has 0 aromatic heterocycles. The van der Waals surface area contributed by atoms with Gasteiger partial charge in [-0.1, -0.05) is 62.9 Å². The standard InChI is InChI=1S/C16H15BrCl2/c1-9-7-10(2)14(11(3)8-9)16(17)15-12(18)5-4-6-13(15)19/h4-8,16H,1-3H3. The molecule has 0 saturated carbocycles. The third-order valence-corrected chi connectivity index (χ3v) is 4.82. The minimum Gasteiger partial charge on any atom is -0.0839 e. The highest BCUT2D eigenvalue weighted by molar-refractivity contribution is 9.09. The van der Waals surface area contributed by atoms with Crippen molar-refractivity contribution >= 4 is 39.1 Å². The van der Waals surface area contributed by atoms with Crippen LogP contribution in [0.1, 0.15) is 32.6 Å². The highest BCUT2D eigenvalue weighted by Crippen LogP contribution is 2.42. The molecule has 2 aromatic rings. The van der Waals surface area contributed by atoms with Crippen molar-refractivity contribution in [1.29, 1.82) is 0 Å². The van der Waals surface area contributed by atoms with E-state index < -0.39 is 0 Å². The molecule has 100 valence electrons. The molecule has 0 spiro atoms. The number of aryl methyl sites for hydroxylation is 3. The largest absolute Gasteiger partial charge is 0.0839 e. The summed E-state index contributed by atoms with van der Waals surface area (Å²) in [7, 11) is 0. The van der Waals surface area contributed by atoms with Crippen LogP contribution in [0.2, 0.25) is 10.0 Å². The summed E-state index contributed by atoms with van der Waals surface area (Å²) < 4.78 is 0. The molecule has 2 aromatic carbocycles. The van der Waals surface area contributed by atoms with Gasteiger partial charge >= 0.3 is 0 Å². The fraction of sp³-hybridized carbons (Fsp3) is 0.250. The zero-order valence-corrected chi connectivity index (χ0v) is 14.2. The van der Waals surface area contributed by atoms with Gasteiger partial charge in [-0.25, -0.2) is 0 Å². The van der Waals surface area contributed by atoms with Crippen molar-refractivity contribution in [3.8, 4) is 0 Å². The molecule has 2 rings (SSSR count). The molecule has 0 nitrogen and oxygen atoms in total. The maximum atomic E-state index is 6.30. The van der Waals surface area contributed by atoms with Crippen LogP contribution in [-0.2, 0) is 0 Å². The van der Waals surface area contributed by atoms with Gasteiger partial charge in [0.15, 0.2) is 0 Å². The third kappa shape index (κ3) is 2.99. The van der Waals surface area contributed by atoms with Gasteiger partial charge in [0.1, 0.15) is 0 Å². The van der Waals surface area contributed by atoms with E-state index >= 15 is 0 Å². The Morgan fingerprint density at radius 3 is 1.84 bits per heavy atom. The van der Waals surface area contributed by atoms with E-state index in [2.05, 4.69) is 48.8 Å². The monoisotopic (exact) mass is 356 g/mol. The van der Waals surface area contributed by atoms with Gasteiger partial charge in [-0.2, -0.15) is 0 Å². The topological polar surface area (TPSA) is 0 Å². The van der Waals surface area contributed by atoms with Gasteiger partial charge in [0.05, 0.1) is 4.83 Å². The Balaban J connectivity index is 2.60. The first-order chi connectivity index (χ1) is 8.91. The number of rotatable bonds is 2. The third-order valence-electron chi connectivity index (χ3n) is 3.24. The molecule has 0 fully saturated rings. The molecule has 0 radical (unpaired) electrons. The van der Waals surface area contributed by atoms with E-state index in [1.54, 1.807) is 0 Å². The van der Waals surface area contributed by atoms with E-state index in [1.807, 2.05) is 18.2 Å². The number of alkyl halides is 1. The molecule has 0 heterocycles. The predicted molar refractivity (Wildman–Crippen MR) is 87.9 cm³/mol. The van der Waals surface area contributed by atoms with Crippen LogP contribution in [0.5, 0.6) is 0 Å². The first kappa shape index (κ1) is 14.9. The van der Waals surface area contributed by atoms with Crippen LogP contribution < -0.4 is 0 Å². The van der Waals surface area contributed by atoms with Crippen molar-refractivity contribution in [3.05, 3.63) is 68.2 Å². The second-order valence-corrected chi connectivity index (χ2v) is 6.54. The summed E-state index contributed by atoms with van der Waals surface area (Å²) in [5, 5.41) is 1.38. The number of hydrogen-bond acceptors (Lipinski definition) is 0. The van der Waals surface area contributed by atoms with Crippen molar-refractivity contribution in [3.63, 3.8) is 0 Å². The maximum Gasteiger partial charge on any atom is 0.0679 e. The smallest absolute Gasteiger partial charge is 0.0679 e. The minimum atomic E-state index is 0.00861. The average Bonchev–Trinajstić information content (AvgIpc) is 2.26. The summed E-state index contributed by atoms with van der Waals surface area (Å²) in [5.74, 6) is 0. The van der Waals surface area contributed by atoms with Gasteiger partial charge in [0.25, 0.3) is 0 Å². The zero-order valence-electron chi connectivity index (χ0n) is 11.1. The van der Waals surface area contributed by atoms with E-state index in [1.165, 1.54) is 22.3 Å². The summed E-state index contributed by atoms with van der Waals surface area (Å²) in [6.45, 7) is 6.35. The van der Waals surface area contributed by atoms with Gasteiger partial charge in [-0.15, -0.1) is 0 Å². The number of benzene rings is 2. The summed E-state index contributed by atoms with van der Waals surface area (Å²) in [6, 6.07) is 9.97. The molecule has 0 amide bonds. The lowest BCUT2D eigenvalue weighted by atomic mass is 9.94. The van der Waals surface area contributed by atoms with Crippen LogP contribution in [0.4, 0.5) is 0 Å². The van der Waals surface area contributed by atoms with Crippen molar-refractivity contribution < 1.29 is 0 Å². The van der Waals surface area contributed by atoms with Crippen LogP contribution in [0.3, 0.4) is 0 Å². The molecule has 0 aliphatic carbocycles. The Hall–Kier alpha value is -0.500. The second-order valence-electron chi connectivity index (χ2n) is 4.81. The highest BCUT2D eigenvalue weighted by atomic mass is 79.9. The lowest BCUT2D eigenvalue weighted by molar-refractivity contribution is 1.10. The average molecular weight is 358 g/mol. The van der Waals surface area contributed by atoms with Gasteiger partial charge in [0.2, 0.25) is 0 Å². The summed E-state index contributed by atoms with van der Waals surface area (Å²) in [5.41, 5.74) is 5.93. The maximum absolute atomic E-state index is 6.30. The highest BCUT2D eigenvalue weighted by Gasteiger charge is 2.20. The molecule has 3 heteroatoms. The molecule has 0 aliphatic rings. The van der Waals surface area contributed by atoms with Crippen LogP contribution in [0, 0.1) is 20.8 Å². The van der Waals surface area contributed by atoms with Crippen LogP contribution in [0.15, 0.2) is 30.3 Å². The molecule has 0 aliphatic heterocycles. The summed E-state index contributed by atoms with van der Waals surface area (Å²) >= 11 is 16.3. The summed E-state index contributed by atoms with van der Waals surface area (Å²) in [4.78, 5) is 0.00861. The Morgan fingerprint density at radius 2 is 1.37 bits per heavy atom. The Labute approximate surface area is 132 Å². The Morgan fingerprint density at radius 1 is 0.895 bits per heavy atom. The molecule has 0 bridgehead atoms. The van der Waals surface area contributed by atoms with Crippen LogP contribution in [-0.4, -0.2) is 0 Å². The SMILES string of the molecule is Cc1cc(C)c(C(Br)c2c(Cl)cccc2Cl)c(C)c1. The fourth-order valence-corrected chi connectivity index (χ4v) is 4.58. The van der Waals surface area contributed by atoms with Crippen molar-refractivity contribution in [2.75, 3.05) is 0 Å². The molecule has 19 heavy (non-hydrogen) atoms. The summed E-state index contributed by atoms with van der Waals surface area (Å²) in [6.07, 6.45) is 0. The van der Waals surface area contributed by atoms with E-state index in [9.17, 15) is 0 Å². The first-order valence-electron chi connectivity index (χ1n) is 6.07. The van der Waals surface area contributed by atoms with Crippen molar-refractivity contribution in [2.24, 2.45) is 0 Å². The zero-order chi connectivity index (χ0) is 14.2. The van der Waals surface area contributed by atoms with Gasteiger partial charge in [-0.3, -0.25) is 0 Å². The molecule has 1 atom stereocenters. The molecule has 0 saturated heterocycles. The van der Waals surface area contributed by atoms with Gasteiger partial charge < -0.3 is 0 Å². The molecular formula is C16H15BrCl2. The van der Waals surface area contributed by atoms with Crippen molar-refractivity contribution in [1.82, 2.24) is 0 Å². The first-order valence-corrected chi connectivity index (χ1v) is 7.74. The number of halogens is 3. The molecule has 0 N–H and O–H groups in total. The quantitative estimate of drug-likeness (QED) is 0.545. The minimum absolute atomic E-state index is 0.00861.